The first kappa shape index (κ1) is 10.6. The number of hydrogen-bond donors (Lipinski definition) is 0. The number of allylic oxidation sites excluding steroid dienone is 1. The second-order valence-electron chi connectivity index (χ2n) is 3.60. The number of dihydropyridines is 1. The molecule has 0 saturated heterocycles. The Bertz CT molecular complexity index is 340. The zero-order valence-electron chi connectivity index (χ0n) is 8.87. The summed E-state index contributed by atoms with van der Waals surface area (Å²) in [5, 5.41) is 0. The van der Waals surface area contributed by atoms with Gasteiger partial charge in [0.15, 0.2) is 0 Å². The molecule has 1 heterocycles. The first-order chi connectivity index (χ1) is 6.43. The van der Waals surface area contributed by atoms with Crippen LogP contribution in [0.3, 0.4) is 0 Å². The van der Waals surface area contributed by atoms with Gasteiger partial charge in [-0.1, -0.05) is 6.08 Å². The molecule has 1 aliphatic heterocycles. The van der Waals surface area contributed by atoms with E-state index in [9.17, 15) is 9.59 Å². The summed E-state index contributed by atoms with van der Waals surface area (Å²) >= 11 is 0. The molecule has 2 amide bonds. The lowest BCUT2D eigenvalue weighted by molar-refractivity contribution is -0.137. The predicted octanol–water partition coefficient (Wildman–Crippen LogP) is 0.638. The van der Waals surface area contributed by atoms with E-state index in [1.165, 1.54) is 4.90 Å². The van der Waals surface area contributed by atoms with Crippen molar-refractivity contribution < 1.29 is 9.59 Å². The fraction of sp³-hybridized carbons (Fsp3) is 0.500. The lowest BCUT2D eigenvalue weighted by Crippen LogP contribution is -2.34. The van der Waals surface area contributed by atoms with Crippen LogP contribution < -0.4 is 0 Å². The number of carbonyl (C=O) groups is 2. The standard InChI is InChI=1S/C10H14N2O2/c1-6-5-8(10(14)12(3)4)9(13)11-7(6)2/h5,8H,1-4H3. The maximum atomic E-state index is 11.6. The fourth-order valence-corrected chi connectivity index (χ4v) is 1.22. The van der Waals surface area contributed by atoms with Crippen LogP contribution in [0.15, 0.2) is 16.6 Å². The summed E-state index contributed by atoms with van der Waals surface area (Å²) < 4.78 is 0. The molecule has 76 valence electrons. The van der Waals surface area contributed by atoms with E-state index < -0.39 is 5.92 Å². The Balaban J connectivity index is 2.95. The molecule has 1 aliphatic rings. The van der Waals surface area contributed by atoms with E-state index in [1.807, 2.05) is 6.92 Å². The Kier molecular flexibility index (Phi) is 2.84. The van der Waals surface area contributed by atoms with Crippen LogP contribution in [-0.2, 0) is 9.59 Å². The molecule has 0 fully saturated rings. The third kappa shape index (κ3) is 1.89. The van der Waals surface area contributed by atoms with E-state index >= 15 is 0 Å². The van der Waals surface area contributed by atoms with Gasteiger partial charge >= 0.3 is 0 Å². The van der Waals surface area contributed by atoms with Crippen LogP contribution in [0.1, 0.15) is 13.8 Å². The van der Waals surface area contributed by atoms with Gasteiger partial charge in [0.05, 0.1) is 0 Å². The maximum absolute atomic E-state index is 11.6. The Labute approximate surface area is 83.3 Å². The van der Waals surface area contributed by atoms with Crippen molar-refractivity contribution in [3.8, 4) is 0 Å². The van der Waals surface area contributed by atoms with Gasteiger partial charge in [-0.15, -0.1) is 0 Å². The summed E-state index contributed by atoms with van der Waals surface area (Å²) in [5.41, 5.74) is 1.59. The SMILES string of the molecule is CC1=CC(C(=O)N(C)C)C(=O)N=C1C. The molecule has 0 radical (unpaired) electrons. The Morgan fingerprint density at radius 1 is 1.43 bits per heavy atom. The van der Waals surface area contributed by atoms with Crippen LogP contribution in [0.5, 0.6) is 0 Å². The van der Waals surface area contributed by atoms with Crippen molar-refractivity contribution in [3.63, 3.8) is 0 Å². The molecule has 4 nitrogen and oxygen atoms in total. The second kappa shape index (κ2) is 3.74. The van der Waals surface area contributed by atoms with Crippen LogP contribution in [0.4, 0.5) is 0 Å². The van der Waals surface area contributed by atoms with Crippen molar-refractivity contribution in [2.45, 2.75) is 13.8 Å². The molecule has 0 aromatic rings. The summed E-state index contributed by atoms with van der Waals surface area (Å²) in [6, 6.07) is 0. The summed E-state index contributed by atoms with van der Waals surface area (Å²) in [6.07, 6.45) is 1.67. The van der Waals surface area contributed by atoms with Gasteiger partial charge in [0.1, 0.15) is 5.92 Å². The highest BCUT2D eigenvalue weighted by atomic mass is 16.2. The third-order valence-electron chi connectivity index (χ3n) is 2.24. The van der Waals surface area contributed by atoms with Crippen LogP contribution in [-0.4, -0.2) is 36.5 Å². The lowest BCUT2D eigenvalue weighted by atomic mass is 9.99. The Morgan fingerprint density at radius 3 is 2.50 bits per heavy atom. The molecule has 1 atom stereocenters. The monoisotopic (exact) mass is 194 g/mol. The molecule has 0 aliphatic carbocycles. The van der Waals surface area contributed by atoms with Crippen molar-refractivity contribution in [3.05, 3.63) is 11.6 Å². The molecule has 0 aromatic heterocycles. The van der Waals surface area contributed by atoms with Crippen LogP contribution >= 0.6 is 0 Å². The molecule has 4 heteroatoms. The molecule has 0 bridgehead atoms. The minimum atomic E-state index is -0.728. The predicted molar refractivity (Wildman–Crippen MR) is 54.1 cm³/mol. The fourth-order valence-electron chi connectivity index (χ4n) is 1.22. The maximum Gasteiger partial charge on any atom is 0.262 e. The molecule has 0 saturated carbocycles. The smallest absolute Gasteiger partial charge is 0.262 e. The minimum absolute atomic E-state index is 0.217. The summed E-state index contributed by atoms with van der Waals surface area (Å²) in [4.78, 5) is 28.2. The molecular weight excluding hydrogens is 180 g/mol. The average Bonchev–Trinajstić information content (AvgIpc) is 2.10. The molecule has 14 heavy (non-hydrogen) atoms. The largest absolute Gasteiger partial charge is 0.348 e. The van der Waals surface area contributed by atoms with E-state index in [1.54, 1.807) is 27.1 Å². The topological polar surface area (TPSA) is 49.7 Å². The molecular formula is C10H14N2O2. The van der Waals surface area contributed by atoms with Gasteiger partial charge in [-0.05, 0) is 19.4 Å². The summed E-state index contributed by atoms with van der Waals surface area (Å²) in [6.45, 7) is 3.61. The average molecular weight is 194 g/mol. The van der Waals surface area contributed by atoms with E-state index in [0.29, 0.717) is 5.71 Å². The van der Waals surface area contributed by atoms with Gasteiger partial charge in [0, 0.05) is 19.8 Å². The number of aliphatic imine (C=N–C) groups is 1. The normalized spacial score (nSPS) is 21.4. The molecule has 0 spiro atoms. The highest BCUT2D eigenvalue weighted by Gasteiger charge is 2.28. The third-order valence-corrected chi connectivity index (χ3v) is 2.24. The zero-order valence-corrected chi connectivity index (χ0v) is 8.87. The number of amides is 2. The van der Waals surface area contributed by atoms with Crippen molar-refractivity contribution in [1.82, 2.24) is 4.90 Å². The van der Waals surface area contributed by atoms with Crippen LogP contribution in [0, 0.1) is 5.92 Å². The summed E-state index contributed by atoms with van der Waals surface area (Å²) in [7, 11) is 3.26. The van der Waals surface area contributed by atoms with Gasteiger partial charge in [-0.3, -0.25) is 9.59 Å². The van der Waals surface area contributed by atoms with E-state index in [-0.39, 0.29) is 11.8 Å². The lowest BCUT2D eigenvalue weighted by Gasteiger charge is -2.19. The van der Waals surface area contributed by atoms with E-state index in [2.05, 4.69) is 4.99 Å². The molecule has 1 unspecified atom stereocenters. The summed E-state index contributed by atoms with van der Waals surface area (Å²) in [5.74, 6) is -1.31. The molecule has 1 rings (SSSR count). The van der Waals surface area contributed by atoms with Crippen molar-refractivity contribution >= 4 is 17.5 Å². The van der Waals surface area contributed by atoms with Crippen molar-refractivity contribution in [2.75, 3.05) is 14.1 Å². The van der Waals surface area contributed by atoms with E-state index in [0.717, 1.165) is 5.57 Å². The van der Waals surface area contributed by atoms with Gasteiger partial charge < -0.3 is 4.90 Å². The van der Waals surface area contributed by atoms with Gasteiger partial charge in [0.25, 0.3) is 5.91 Å². The Hall–Kier alpha value is -1.45. The second-order valence-corrected chi connectivity index (χ2v) is 3.60. The number of rotatable bonds is 1. The number of carbonyl (C=O) groups excluding carboxylic acids is 2. The first-order valence-electron chi connectivity index (χ1n) is 4.42. The van der Waals surface area contributed by atoms with E-state index in [4.69, 9.17) is 0 Å². The minimum Gasteiger partial charge on any atom is -0.348 e. The zero-order chi connectivity index (χ0) is 10.9. The first-order valence-corrected chi connectivity index (χ1v) is 4.42. The highest BCUT2D eigenvalue weighted by Crippen LogP contribution is 2.15. The Morgan fingerprint density at radius 2 is 2.00 bits per heavy atom. The number of nitrogens with zero attached hydrogens (tertiary/aromatic N) is 2. The number of hydrogen-bond acceptors (Lipinski definition) is 2. The molecule has 0 N–H and O–H groups in total. The van der Waals surface area contributed by atoms with Gasteiger partial charge in [-0.2, -0.15) is 0 Å². The van der Waals surface area contributed by atoms with Crippen molar-refractivity contribution in [1.29, 1.82) is 0 Å². The van der Waals surface area contributed by atoms with Gasteiger partial charge in [-0.25, -0.2) is 4.99 Å². The van der Waals surface area contributed by atoms with Crippen LogP contribution in [0.2, 0.25) is 0 Å². The van der Waals surface area contributed by atoms with Gasteiger partial charge in [0.2, 0.25) is 5.91 Å². The quantitative estimate of drug-likeness (QED) is 0.575. The van der Waals surface area contributed by atoms with Crippen molar-refractivity contribution in [2.24, 2.45) is 10.9 Å². The van der Waals surface area contributed by atoms with Crippen LogP contribution in [0.25, 0.3) is 0 Å². The highest BCUT2D eigenvalue weighted by molar-refractivity contribution is 6.14. The molecule has 0 aromatic carbocycles.